The molecule has 41 heavy (non-hydrogen) atoms. The molecule has 3 heterocycles. The van der Waals surface area contributed by atoms with Crippen LogP contribution >= 0.6 is 34.0 Å². The second-order valence-corrected chi connectivity index (χ2v) is 13.6. The Morgan fingerprint density at radius 3 is 1.05 bits per heavy atom. The number of thiophene rings is 3. The highest BCUT2D eigenvalue weighted by molar-refractivity contribution is 7.40. The van der Waals surface area contributed by atoms with Gasteiger partial charge in [-0.05, 0) is 59.4 Å². The number of aryl methyl sites for hydroxylation is 2. The SMILES string of the molecule is Cc1ccc(/C=C/c2ccc(-c3cc4sc5cc(-c6ccc(/C=C/c7ccc(C)cc7)cc6)sc5c4s3)cc2)cc1. The molecule has 0 fully saturated rings. The Labute approximate surface area is 253 Å². The molecule has 3 heteroatoms. The van der Waals surface area contributed by atoms with Crippen LogP contribution < -0.4 is 0 Å². The average Bonchev–Trinajstić information content (AvgIpc) is 3.68. The molecule has 0 unspecified atom stereocenters. The maximum atomic E-state index is 2.36. The predicted molar refractivity (Wildman–Crippen MR) is 186 cm³/mol. The van der Waals surface area contributed by atoms with Gasteiger partial charge >= 0.3 is 0 Å². The molecule has 0 spiro atoms. The number of benzene rings is 4. The van der Waals surface area contributed by atoms with Gasteiger partial charge in [0, 0.05) is 19.2 Å². The Hall–Kier alpha value is -4.02. The van der Waals surface area contributed by atoms with Gasteiger partial charge in [-0.2, -0.15) is 0 Å². The zero-order valence-electron chi connectivity index (χ0n) is 22.9. The lowest BCUT2D eigenvalue weighted by atomic mass is 10.1. The lowest BCUT2D eigenvalue weighted by Crippen LogP contribution is -1.76. The van der Waals surface area contributed by atoms with E-state index in [0.717, 1.165) is 0 Å². The molecule has 0 aliphatic rings. The minimum Gasteiger partial charge on any atom is -0.133 e. The first kappa shape index (κ1) is 25.9. The van der Waals surface area contributed by atoms with Gasteiger partial charge in [-0.3, -0.25) is 0 Å². The van der Waals surface area contributed by atoms with Crippen LogP contribution in [0.5, 0.6) is 0 Å². The molecule has 0 saturated carbocycles. The summed E-state index contributed by atoms with van der Waals surface area (Å²) in [5, 5.41) is 0. The van der Waals surface area contributed by atoms with Crippen molar-refractivity contribution in [1.82, 2.24) is 0 Å². The van der Waals surface area contributed by atoms with Crippen LogP contribution in [0.25, 0.3) is 64.0 Å². The van der Waals surface area contributed by atoms with E-state index in [1.165, 1.54) is 73.1 Å². The second-order valence-electron chi connectivity index (χ2n) is 10.4. The van der Waals surface area contributed by atoms with Crippen molar-refractivity contribution in [2.75, 3.05) is 0 Å². The highest BCUT2D eigenvalue weighted by Gasteiger charge is 2.15. The molecule has 0 nitrogen and oxygen atoms in total. The smallest absolute Gasteiger partial charge is 0.0636 e. The maximum absolute atomic E-state index is 2.36. The Morgan fingerprint density at radius 2 is 0.707 bits per heavy atom. The van der Waals surface area contributed by atoms with Crippen LogP contribution in [0.2, 0.25) is 0 Å². The number of rotatable bonds is 6. The highest BCUT2D eigenvalue weighted by Crippen LogP contribution is 2.48. The van der Waals surface area contributed by atoms with Gasteiger partial charge in [0.1, 0.15) is 0 Å². The summed E-state index contributed by atoms with van der Waals surface area (Å²) in [5.74, 6) is 0. The van der Waals surface area contributed by atoms with Crippen LogP contribution in [0, 0.1) is 13.8 Å². The van der Waals surface area contributed by atoms with Crippen LogP contribution in [0.1, 0.15) is 33.4 Å². The fourth-order valence-electron chi connectivity index (χ4n) is 4.88. The lowest BCUT2D eigenvalue weighted by Gasteiger charge is -1.99. The largest absolute Gasteiger partial charge is 0.133 e. The van der Waals surface area contributed by atoms with Gasteiger partial charge in [0.2, 0.25) is 0 Å². The van der Waals surface area contributed by atoms with E-state index in [-0.39, 0.29) is 0 Å². The molecule has 0 saturated heterocycles. The molecule has 0 radical (unpaired) electrons. The third-order valence-corrected chi connectivity index (χ3v) is 11.2. The molecule has 3 aromatic heterocycles. The number of fused-ring (bicyclic) bond motifs is 3. The first-order valence-corrected chi connectivity index (χ1v) is 16.2. The van der Waals surface area contributed by atoms with Gasteiger partial charge in [-0.25, -0.2) is 0 Å². The standard InChI is InChI=1S/C38H28S3/c1-25-3-7-27(8-4-25)11-13-29-15-19-31(20-16-29)33-23-35-37(40-33)38-36(39-35)24-34(41-38)32-21-17-30(18-22-32)14-12-28-9-5-26(2)6-10-28/h3-24H,1-2H3/b13-11+,14-12+. The van der Waals surface area contributed by atoms with E-state index in [9.17, 15) is 0 Å². The fourth-order valence-corrected chi connectivity index (χ4v) is 8.91. The monoisotopic (exact) mass is 580 g/mol. The maximum Gasteiger partial charge on any atom is 0.0636 e. The molecular formula is C38H28S3. The van der Waals surface area contributed by atoms with Gasteiger partial charge in [0.25, 0.3) is 0 Å². The molecule has 0 aliphatic heterocycles. The van der Waals surface area contributed by atoms with E-state index >= 15 is 0 Å². The summed E-state index contributed by atoms with van der Waals surface area (Å²) >= 11 is 5.74. The molecule has 7 aromatic rings. The molecule has 7 rings (SSSR count). The topological polar surface area (TPSA) is 0 Å². The summed E-state index contributed by atoms with van der Waals surface area (Å²) in [7, 11) is 0. The van der Waals surface area contributed by atoms with Crippen LogP contribution in [0.3, 0.4) is 0 Å². The van der Waals surface area contributed by atoms with Crippen molar-refractivity contribution in [1.29, 1.82) is 0 Å². The normalized spacial score (nSPS) is 12.0. The predicted octanol–water partition coefficient (Wildman–Crippen LogP) is 12.5. The van der Waals surface area contributed by atoms with E-state index in [4.69, 9.17) is 0 Å². The van der Waals surface area contributed by atoms with Crippen molar-refractivity contribution in [2.45, 2.75) is 13.8 Å². The van der Waals surface area contributed by atoms with Gasteiger partial charge in [-0.1, -0.05) is 132 Å². The summed E-state index contributed by atoms with van der Waals surface area (Å²) < 4.78 is 5.60. The Kier molecular flexibility index (Phi) is 7.02. The van der Waals surface area contributed by atoms with E-state index < -0.39 is 0 Å². The summed E-state index contributed by atoms with van der Waals surface area (Å²) in [6.07, 6.45) is 8.72. The van der Waals surface area contributed by atoms with Gasteiger partial charge in [0.05, 0.1) is 9.40 Å². The van der Waals surface area contributed by atoms with E-state index in [2.05, 4.69) is 147 Å². The minimum atomic E-state index is 1.22. The first-order chi connectivity index (χ1) is 20.1. The van der Waals surface area contributed by atoms with Crippen LogP contribution in [0.4, 0.5) is 0 Å². The molecular weight excluding hydrogens is 553 g/mol. The average molecular weight is 581 g/mol. The molecule has 0 bridgehead atoms. The van der Waals surface area contributed by atoms with Crippen LogP contribution in [-0.2, 0) is 0 Å². The zero-order chi connectivity index (χ0) is 27.8. The van der Waals surface area contributed by atoms with Crippen molar-refractivity contribution in [3.05, 3.63) is 143 Å². The highest BCUT2D eigenvalue weighted by atomic mass is 32.1. The molecule has 0 aliphatic carbocycles. The molecule has 0 N–H and O–H groups in total. The summed E-state index contributed by atoms with van der Waals surface area (Å²) in [6.45, 7) is 4.24. The number of hydrogen-bond acceptors (Lipinski definition) is 3. The minimum absolute atomic E-state index is 1.22. The molecule has 4 aromatic carbocycles. The van der Waals surface area contributed by atoms with Gasteiger partial charge in [0.15, 0.2) is 0 Å². The van der Waals surface area contributed by atoms with Gasteiger partial charge in [-0.15, -0.1) is 34.0 Å². The summed E-state index contributed by atoms with van der Waals surface area (Å²) in [6, 6.07) is 39.8. The van der Waals surface area contributed by atoms with E-state index in [1.807, 2.05) is 34.0 Å². The Bertz CT molecular complexity index is 1860. The van der Waals surface area contributed by atoms with Crippen molar-refractivity contribution in [3.8, 4) is 20.9 Å². The Balaban J connectivity index is 1.09. The van der Waals surface area contributed by atoms with E-state index in [1.54, 1.807) is 0 Å². The van der Waals surface area contributed by atoms with Crippen molar-refractivity contribution < 1.29 is 0 Å². The van der Waals surface area contributed by atoms with Crippen molar-refractivity contribution in [3.63, 3.8) is 0 Å². The molecule has 198 valence electrons. The zero-order valence-corrected chi connectivity index (χ0v) is 25.4. The van der Waals surface area contributed by atoms with Crippen molar-refractivity contribution in [2.24, 2.45) is 0 Å². The van der Waals surface area contributed by atoms with Crippen molar-refractivity contribution >= 4 is 77.1 Å². The molecule has 0 amide bonds. The Morgan fingerprint density at radius 1 is 0.390 bits per heavy atom. The van der Waals surface area contributed by atoms with Gasteiger partial charge < -0.3 is 0 Å². The molecule has 0 atom stereocenters. The quantitative estimate of drug-likeness (QED) is 0.172. The lowest BCUT2D eigenvalue weighted by molar-refractivity contribution is 1.46. The number of hydrogen-bond donors (Lipinski definition) is 0. The second kappa shape index (κ2) is 11.1. The summed E-state index contributed by atoms with van der Waals surface area (Å²) in [5.41, 5.74) is 10.0. The third-order valence-electron chi connectivity index (χ3n) is 7.30. The van der Waals surface area contributed by atoms with Crippen LogP contribution in [-0.4, -0.2) is 0 Å². The fraction of sp³-hybridized carbons (Fsp3) is 0.0526. The first-order valence-electron chi connectivity index (χ1n) is 13.7. The van der Waals surface area contributed by atoms with Crippen LogP contribution in [0.15, 0.2) is 109 Å². The summed E-state index contributed by atoms with van der Waals surface area (Å²) in [4.78, 5) is 2.67. The van der Waals surface area contributed by atoms with E-state index in [0.29, 0.717) is 0 Å². The third kappa shape index (κ3) is 5.62.